The number of H-pyrrole nitrogens is 1. The first-order valence-electron chi connectivity index (χ1n) is 7.07. The van der Waals surface area contributed by atoms with Gasteiger partial charge in [-0.05, 0) is 31.3 Å². The number of rotatable bonds is 3. The molecule has 0 saturated carbocycles. The standard InChI is InChI=1S/C15H20N4O2/c1-18-5-7-19(8-6-18)17-15(20)14-10-11-9-12(21-2)3-4-13(11)16-14/h3-4,9-10,16H,5-8H2,1-2H3,(H,17,20). The summed E-state index contributed by atoms with van der Waals surface area (Å²) in [5, 5.41) is 2.94. The summed E-state index contributed by atoms with van der Waals surface area (Å²) in [6.07, 6.45) is 0. The van der Waals surface area contributed by atoms with Gasteiger partial charge in [-0.3, -0.25) is 10.2 Å². The van der Waals surface area contributed by atoms with Gasteiger partial charge in [0.05, 0.1) is 7.11 Å². The van der Waals surface area contributed by atoms with Crippen molar-refractivity contribution in [3.8, 4) is 5.75 Å². The Morgan fingerprint density at radius 3 is 2.71 bits per heavy atom. The molecule has 112 valence electrons. The zero-order valence-corrected chi connectivity index (χ0v) is 12.3. The van der Waals surface area contributed by atoms with Crippen LogP contribution in [0.2, 0.25) is 0 Å². The fraction of sp³-hybridized carbons (Fsp3) is 0.400. The van der Waals surface area contributed by atoms with E-state index in [2.05, 4.69) is 22.4 Å². The Morgan fingerprint density at radius 1 is 1.24 bits per heavy atom. The van der Waals surface area contributed by atoms with E-state index in [1.54, 1.807) is 7.11 Å². The molecule has 0 spiro atoms. The third kappa shape index (κ3) is 3.01. The highest BCUT2D eigenvalue weighted by molar-refractivity contribution is 5.98. The average Bonchev–Trinajstić information content (AvgIpc) is 2.92. The summed E-state index contributed by atoms with van der Waals surface area (Å²) in [7, 11) is 3.72. The number of likely N-dealkylation sites (N-methyl/N-ethyl adjacent to an activating group) is 1. The Kier molecular flexibility index (Phi) is 3.81. The summed E-state index contributed by atoms with van der Waals surface area (Å²) in [4.78, 5) is 17.7. The van der Waals surface area contributed by atoms with Crippen molar-refractivity contribution in [2.24, 2.45) is 0 Å². The number of hydrogen-bond acceptors (Lipinski definition) is 4. The summed E-state index contributed by atoms with van der Waals surface area (Å²) in [6, 6.07) is 7.56. The molecule has 0 unspecified atom stereocenters. The topological polar surface area (TPSA) is 60.6 Å². The molecule has 1 aromatic heterocycles. The Morgan fingerprint density at radius 2 is 2.00 bits per heavy atom. The van der Waals surface area contributed by atoms with Crippen molar-refractivity contribution in [1.82, 2.24) is 20.3 Å². The Hall–Kier alpha value is -2.05. The van der Waals surface area contributed by atoms with Crippen LogP contribution in [0.25, 0.3) is 10.9 Å². The van der Waals surface area contributed by atoms with E-state index in [0.717, 1.165) is 42.8 Å². The molecule has 0 atom stereocenters. The smallest absolute Gasteiger partial charge is 0.282 e. The zero-order chi connectivity index (χ0) is 14.8. The number of nitrogens with one attached hydrogen (secondary N) is 2. The fourth-order valence-corrected chi connectivity index (χ4v) is 2.48. The van der Waals surface area contributed by atoms with Gasteiger partial charge in [0.2, 0.25) is 0 Å². The monoisotopic (exact) mass is 288 g/mol. The van der Waals surface area contributed by atoms with Crippen LogP contribution in [-0.4, -0.2) is 61.1 Å². The van der Waals surface area contributed by atoms with Gasteiger partial charge in [0, 0.05) is 37.1 Å². The maximum Gasteiger partial charge on any atom is 0.282 e. The van der Waals surface area contributed by atoms with Crippen LogP contribution >= 0.6 is 0 Å². The predicted molar refractivity (Wildman–Crippen MR) is 81.4 cm³/mol. The quantitative estimate of drug-likeness (QED) is 0.887. The molecule has 1 amide bonds. The lowest BCUT2D eigenvalue weighted by atomic mass is 10.2. The molecule has 1 aliphatic rings. The average molecular weight is 288 g/mol. The number of fused-ring (bicyclic) bond motifs is 1. The second-order valence-corrected chi connectivity index (χ2v) is 5.37. The number of benzene rings is 1. The van der Waals surface area contributed by atoms with Crippen molar-refractivity contribution in [3.63, 3.8) is 0 Å². The first-order chi connectivity index (χ1) is 10.2. The van der Waals surface area contributed by atoms with Crippen molar-refractivity contribution in [3.05, 3.63) is 30.0 Å². The molecule has 2 aromatic rings. The van der Waals surface area contributed by atoms with Gasteiger partial charge < -0.3 is 14.6 Å². The molecule has 1 aromatic carbocycles. The molecule has 2 N–H and O–H groups in total. The predicted octanol–water partition coefficient (Wildman–Crippen LogP) is 1.07. The van der Waals surface area contributed by atoms with E-state index >= 15 is 0 Å². The summed E-state index contributed by atoms with van der Waals surface area (Å²) >= 11 is 0. The molecule has 21 heavy (non-hydrogen) atoms. The number of amides is 1. The third-order valence-corrected chi connectivity index (χ3v) is 3.84. The molecule has 1 aliphatic heterocycles. The molecule has 3 rings (SSSR count). The van der Waals surface area contributed by atoms with Crippen LogP contribution in [0.4, 0.5) is 0 Å². The maximum absolute atomic E-state index is 12.3. The van der Waals surface area contributed by atoms with Crippen LogP contribution in [0.15, 0.2) is 24.3 Å². The lowest BCUT2D eigenvalue weighted by molar-refractivity contribution is 0.0658. The summed E-state index contributed by atoms with van der Waals surface area (Å²) in [5.74, 6) is 0.683. The van der Waals surface area contributed by atoms with E-state index in [9.17, 15) is 4.79 Å². The SMILES string of the molecule is COc1ccc2[nH]c(C(=O)NN3CCN(C)CC3)cc2c1. The summed E-state index contributed by atoms with van der Waals surface area (Å²) in [6.45, 7) is 3.61. The normalized spacial score (nSPS) is 17.0. The van der Waals surface area contributed by atoms with Crippen LogP contribution in [0.3, 0.4) is 0 Å². The van der Waals surface area contributed by atoms with Crippen LogP contribution in [-0.2, 0) is 0 Å². The number of ether oxygens (including phenoxy) is 1. The van der Waals surface area contributed by atoms with Gasteiger partial charge in [-0.15, -0.1) is 0 Å². The van der Waals surface area contributed by atoms with Crippen molar-refractivity contribution < 1.29 is 9.53 Å². The van der Waals surface area contributed by atoms with Gasteiger partial charge in [-0.2, -0.15) is 0 Å². The molecular formula is C15H20N4O2. The molecular weight excluding hydrogens is 268 g/mol. The number of aromatic nitrogens is 1. The number of carbonyl (C=O) groups is 1. The first kappa shape index (κ1) is 13.9. The first-order valence-corrected chi connectivity index (χ1v) is 7.07. The number of hydrogen-bond donors (Lipinski definition) is 2. The number of piperazine rings is 1. The van der Waals surface area contributed by atoms with Crippen molar-refractivity contribution in [1.29, 1.82) is 0 Å². The molecule has 1 fully saturated rings. The lowest BCUT2D eigenvalue weighted by Gasteiger charge is -2.32. The van der Waals surface area contributed by atoms with Crippen molar-refractivity contribution in [2.45, 2.75) is 0 Å². The molecule has 0 radical (unpaired) electrons. The van der Waals surface area contributed by atoms with Crippen LogP contribution in [0, 0.1) is 0 Å². The van der Waals surface area contributed by atoms with Crippen LogP contribution in [0.1, 0.15) is 10.5 Å². The van der Waals surface area contributed by atoms with Gasteiger partial charge >= 0.3 is 0 Å². The molecule has 0 bridgehead atoms. The fourth-order valence-electron chi connectivity index (χ4n) is 2.48. The highest BCUT2D eigenvalue weighted by Crippen LogP contribution is 2.21. The molecule has 2 heterocycles. The van der Waals surface area contributed by atoms with Crippen molar-refractivity contribution >= 4 is 16.8 Å². The third-order valence-electron chi connectivity index (χ3n) is 3.84. The van der Waals surface area contributed by atoms with Crippen molar-refractivity contribution in [2.75, 3.05) is 40.3 Å². The van der Waals surface area contributed by atoms with E-state index in [-0.39, 0.29) is 5.91 Å². The molecule has 6 nitrogen and oxygen atoms in total. The number of methoxy groups -OCH3 is 1. The Bertz CT molecular complexity index is 644. The van der Waals surface area contributed by atoms with Gasteiger partial charge in [-0.1, -0.05) is 0 Å². The summed E-state index contributed by atoms with van der Waals surface area (Å²) in [5.41, 5.74) is 4.45. The highest BCUT2D eigenvalue weighted by Gasteiger charge is 2.17. The number of nitrogens with zero attached hydrogens (tertiary/aromatic N) is 2. The minimum absolute atomic E-state index is 0.102. The minimum Gasteiger partial charge on any atom is -0.497 e. The molecule has 1 saturated heterocycles. The van der Waals surface area contributed by atoms with Gasteiger partial charge in [0.25, 0.3) is 5.91 Å². The van der Waals surface area contributed by atoms with Gasteiger partial charge in [0.1, 0.15) is 11.4 Å². The zero-order valence-electron chi connectivity index (χ0n) is 12.3. The number of carbonyl (C=O) groups excluding carboxylic acids is 1. The largest absolute Gasteiger partial charge is 0.497 e. The molecule has 0 aliphatic carbocycles. The second-order valence-electron chi connectivity index (χ2n) is 5.37. The maximum atomic E-state index is 12.3. The van der Waals surface area contributed by atoms with E-state index in [4.69, 9.17) is 4.74 Å². The van der Waals surface area contributed by atoms with E-state index in [0.29, 0.717) is 5.69 Å². The molecule has 6 heteroatoms. The number of aromatic amines is 1. The number of hydrazine groups is 1. The Balaban J connectivity index is 1.72. The highest BCUT2D eigenvalue weighted by atomic mass is 16.5. The van der Waals surface area contributed by atoms with E-state index in [1.165, 1.54) is 0 Å². The van der Waals surface area contributed by atoms with Gasteiger partial charge in [-0.25, -0.2) is 5.01 Å². The van der Waals surface area contributed by atoms with Crippen LogP contribution in [0.5, 0.6) is 5.75 Å². The van der Waals surface area contributed by atoms with E-state index in [1.807, 2.05) is 29.3 Å². The van der Waals surface area contributed by atoms with Crippen LogP contribution < -0.4 is 10.2 Å². The Labute approximate surface area is 123 Å². The second kappa shape index (κ2) is 5.75. The minimum atomic E-state index is -0.102. The van der Waals surface area contributed by atoms with Gasteiger partial charge in [0.15, 0.2) is 0 Å². The lowest BCUT2D eigenvalue weighted by Crippen LogP contribution is -2.52. The summed E-state index contributed by atoms with van der Waals surface area (Å²) < 4.78 is 5.20. The van der Waals surface area contributed by atoms with E-state index < -0.39 is 0 Å².